The van der Waals surface area contributed by atoms with Gasteiger partial charge in [-0.05, 0) is 43.7 Å². The van der Waals surface area contributed by atoms with Gasteiger partial charge in [0, 0.05) is 11.1 Å². The molecule has 0 fully saturated rings. The van der Waals surface area contributed by atoms with E-state index < -0.39 is 17.7 Å². The third-order valence-electron chi connectivity index (χ3n) is 3.88. The van der Waals surface area contributed by atoms with E-state index in [1.807, 2.05) is 31.2 Å². The Hall–Kier alpha value is -2.82. The molecule has 0 unspecified atom stereocenters. The Morgan fingerprint density at radius 2 is 1.83 bits per heavy atom. The zero-order chi connectivity index (χ0) is 17.3. The van der Waals surface area contributed by atoms with Crippen molar-refractivity contribution in [2.24, 2.45) is 0 Å². The fourth-order valence-corrected chi connectivity index (χ4v) is 2.64. The van der Waals surface area contributed by atoms with Gasteiger partial charge in [0.25, 0.3) is 5.91 Å². The zero-order valence-corrected chi connectivity index (χ0v) is 13.3. The predicted octanol–water partition coefficient (Wildman–Crippen LogP) is 4.31. The second kappa shape index (κ2) is 6.35. The van der Waals surface area contributed by atoms with Crippen LogP contribution in [0, 0.1) is 18.6 Å². The van der Waals surface area contributed by atoms with Crippen LogP contribution in [0.5, 0.6) is 0 Å². The number of para-hydroxylation sites is 1. The van der Waals surface area contributed by atoms with Gasteiger partial charge in [-0.2, -0.15) is 0 Å². The van der Waals surface area contributed by atoms with E-state index in [9.17, 15) is 13.6 Å². The number of pyridine rings is 1. The summed E-state index contributed by atoms with van der Waals surface area (Å²) in [7, 11) is 0. The molecule has 1 aromatic heterocycles. The first-order chi connectivity index (χ1) is 11.5. The molecule has 0 radical (unpaired) electrons. The minimum atomic E-state index is -0.932. The molecule has 3 rings (SSSR count). The van der Waals surface area contributed by atoms with Gasteiger partial charge in [-0.3, -0.25) is 9.78 Å². The number of amides is 1. The van der Waals surface area contributed by atoms with E-state index in [2.05, 4.69) is 10.3 Å². The van der Waals surface area contributed by atoms with Gasteiger partial charge in [-0.25, -0.2) is 8.78 Å². The van der Waals surface area contributed by atoms with Gasteiger partial charge in [0.15, 0.2) is 11.6 Å². The molecule has 0 saturated carbocycles. The number of carbonyl (C=O) groups is 1. The lowest BCUT2D eigenvalue weighted by Gasteiger charge is -2.16. The van der Waals surface area contributed by atoms with Gasteiger partial charge < -0.3 is 5.32 Å². The summed E-state index contributed by atoms with van der Waals surface area (Å²) in [6.07, 6.45) is 0. The molecule has 1 amide bonds. The lowest BCUT2D eigenvalue weighted by Crippen LogP contribution is -2.27. The summed E-state index contributed by atoms with van der Waals surface area (Å²) in [6.45, 7) is 3.54. The molecule has 0 saturated heterocycles. The van der Waals surface area contributed by atoms with E-state index >= 15 is 0 Å². The van der Waals surface area contributed by atoms with Crippen LogP contribution in [0.25, 0.3) is 10.9 Å². The SMILES string of the molecule is Cc1cc(C(=O)N[C@@H](C)c2ccc(F)c(F)c2)c2ccccc2n1. The molecule has 24 heavy (non-hydrogen) atoms. The summed E-state index contributed by atoms with van der Waals surface area (Å²) in [6, 6.07) is 12.2. The number of carbonyl (C=O) groups excluding carboxylic acids is 1. The van der Waals surface area contributed by atoms with E-state index in [0.29, 0.717) is 11.1 Å². The maximum Gasteiger partial charge on any atom is 0.252 e. The summed E-state index contributed by atoms with van der Waals surface area (Å²) >= 11 is 0. The van der Waals surface area contributed by atoms with Crippen molar-refractivity contribution >= 4 is 16.8 Å². The third kappa shape index (κ3) is 3.11. The predicted molar refractivity (Wildman–Crippen MR) is 88.7 cm³/mol. The van der Waals surface area contributed by atoms with Gasteiger partial charge in [0.2, 0.25) is 0 Å². The van der Waals surface area contributed by atoms with Gasteiger partial charge in [-0.1, -0.05) is 24.3 Å². The summed E-state index contributed by atoms with van der Waals surface area (Å²) in [4.78, 5) is 17.0. The van der Waals surface area contributed by atoms with Crippen molar-refractivity contribution in [1.29, 1.82) is 0 Å². The van der Waals surface area contributed by atoms with Crippen molar-refractivity contribution in [2.45, 2.75) is 19.9 Å². The van der Waals surface area contributed by atoms with Crippen LogP contribution in [-0.4, -0.2) is 10.9 Å². The Bertz CT molecular complexity index is 924. The highest BCUT2D eigenvalue weighted by Gasteiger charge is 2.16. The summed E-state index contributed by atoms with van der Waals surface area (Å²) < 4.78 is 26.4. The molecule has 0 bridgehead atoms. The summed E-state index contributed by atoms with van der Waals surface area (Å²) in [5.74, 6) is -2.12. The number of fused-ring (bicyclic) bond motifs is 1. The number of hydrogen-bond donors (Lipinski definition) is 1. The molecular formula is C19H16F2N2O. The smallest absolute Gasteiger partial charge is 0.252 e. The molecule has 1 heterocycles. The molecule has 0 spiro atoms. The molecule has 3 aromatic rings. The van der Waals surface area contributed by atoms with Crippen LogP contribution in [0.4, 0.5) is 8.78 Å². The number of hydrogen-bond acceptors (Lipinski definition) is 2. The maximum atomic E-state index is 13.4. The third-order valence-corrected chi connectivity index (χ3v) is 3.88. The lowest BCUT2D eigenvalue weighted by atomic mass is 10.0. The van der Waals surface area contributed by atoms with Crippen LogP contribution in [0.1, 0.15) is 34.6 Å². The monoisotopic (exact) mass is 326 g/mol. The molecular weight excluding hydrogens is 310 g/mol. The molecule has 122 valence electrons. The Labute approximate surface area is 138 Å². The van der Waals surface area contributed by atoms with Crippen LogP contribution in [0.2, 0.25) is 0 Å². The number of rotatable bonds is 3. The molecule has 0 aliphatic rings. The highest BCUT2D eigenvalue weighted by Crippen LogP contribution is 2.20. The van der Waals surface area contributed by atoms with Crippen LogP contribution in [0.3, 0.4) is 0 Å². The first kappa shape index (κ1) is 16.1. The first-order valence-corrected chi connectivity index (χ1v) is 7.58. The number of aryl methyl sites for hydroxylation is 1. The Morgan fingerprint density at radius 3 is 2.58 bits per heavy atom. The Morgan fingerprint density at radius 1 is 1.08 bits per heavy atom. The van der Waals surface area contributed by atoms with Gasteiger partial charge in [-0.15, -0.1) is 0 Å². The standard InChI is InChI=1S/C19H16F2N2O/c1-11-9-15(14-5-3-4-6-18(14)22-11)19(24)23-12(2)13-7-8-16(20)17(21)10-13/h3-10,12H,1-2H3,(H,23,24)/t12-/m0/s1. The molecule has 3 nitrogen and oxygen atoms in total. The minimum Gasteiger partial charge on any atom is -0.345 e. The minimum absolute atomic E-state index is 0.283. The Balaban J connectivity index is 1.91. The largest absolute Gasteiger partial charge is 0.345 e. The normalized spacial score (nSPS) is 12.2. The highest BCUT2D eigenvalue weighted by molar-refractivity contribution is 6.06. The Kier molecular flexibility index (Phi) is 4.25. The van der Waals surface area contributed by atoms with Crippen LogP contribution < -0.4 is 5.32 Å². The fourth-order valence-electron chi connectivity index (χ4n) is 2.64. The van der Waals surface area contributed by atoms with Gasteiger partial charge >= 0.3 is 0 Å². The number of aromatic nitrogens is 1. The second-order valence-electron chi connectivity index (χ2n) is 5.70. The van der Waals surface area contributed by atoms with Crippen LogP contribution >= 0.6 is 0 Å². The number of halogens is 2. The molecule has 5 heteroatoms. The zero-order valence-electron chi connectivity index (χ0n) is 13.3. The average molecular weight is 326 g/mol. The van der Waals surface area contributed by atoms with Crippen molar-refractivity contribution in [2.75, 3.05) is 0 Å². The van der Waals surface area contributed by atoms with Crippen LogP contribution in [-0.2, 0) is 0 Å². The van der Waals surface area contributed by atoms with E-state index in [-0.39, 0.29) is 5.91 Å². The van der Waals surface area contributed by atoms with Crippen molar-refractivity contribution < 1.29 is 13.6 Å². The van der Waals surface area contributed by atoms with E-state index in [4.69, 9.17) is 0 Å². The fraction of sp³-hybridized carbons (Fsp3) is 0.158. The summed E-state index contributed by atoms with van der Waals surface area (Å²) in [5.41, 5.74) is 2.48. The van der Waals surface area contributed by atoms with Crippen LogP contribution in [0.15, 0.2) is 48.5 Å². The lowest BCUT2D eigenvalue weighted by molar-refractivity contribution is 0.0941. The topological polar surface area (TPSA) is 42.0 Å². The molecule has 2 aromatic carbocycles. The number of benzene rings is 2. The van der Waals surface area contributed by atoms with Crippen molar-refractivity contribution in [3.8, 4) is 0 Å². The summed E-state index contributed by atoms with van der Waals surface area (Å²) in [5, 5.41) is 3.57. The average Bonchev–Trinajstić information content (AvgIpc) is 2.56. The molecule has 0 aliphatic heterocycles. The van der Waals surface area contributed by atoms with E-state index in [0.717, 1.165) is 28.7 Å². The molecule has 1 atom stereocenters. The number of nitrogens with one attached hydrogen (secondary N) is 1. The molecule has 0 aliphatic carbocycles. The highest BCUT2D eigenvalue weighted by atomic mass is 19.2. The van der Waals surface area contributed by atoms with Crippen molar-refractivity contribution in [1.82, 2.24) is 10.3 Å². The quantitative estimate of drug-likeness (QED) is 0.779. The second-order valence-corrected chi connectivity index (χ2v) is 5.70. The van der Waals surface area contributed by atoms with Crippen molar-refractivity contribution in [3.63, 3.8) is 0 Å². The first-order valence-electron chi connectivity index (χ1n) is 7.58. The van der Waals surface area contributed by atoms with E-state index in [1.54, 1.807) is 13.0 Å². The van der Waals surface area contributed by atoms with E-state index in [1.165, 1.54) is 6.07 Å². The van der Waals surface area contributed by atoms with Gasteiger partial charge in [0.05, 0.1) is 17.1 Å². The maximum absolute atomic E-state index is 13.4. The number of nitrogens with zero attached hydrogens (tertiary/aromatic N) is 1. The van der Waals surface area contributed by atoms with Gasteiger partial charge in [0.1, 0.15) is 0 Å². The van der Waals surface area contributed by atoms with Crippen molar-refractivity contribution in [3.05, 3.63) is 77.0 Å². The molecule has 1 N–H and O–H groups in total.